The molecule has 0 unspecified atom stereocenters. The minimum absolute atomic E-state index is 0.0395. The summed E-state index contributed by atoms with van der Waals surface area (Å²) in [5, 5.41) is 2.75. The molecule has 0 saturated heterocycles. The Hall–Kier alpha value is -0.180. The van der Waals surface area contributed by atoms with Crippen molar-refractivity contribution >= 4 is 62.6 Å². The Morgan fingerprint density at radius 2 is 1.73 bits per heavy atom. The van der Waals surface area contributed by atoms with Crippen LogP contribution in [0.3, 0.4) is 0 Å². The van der Waals surface area contributed by atoms with E-state index in [0.717, 1.165) is 7.14 Å². The molecule has 0 saturated carbocycles. The van der Waals surface area contributed by atoms with E-state index in [1.54, 1.807) is 0 Å². The topological polar surface area (TPSA) is 46.2 Å². The lowest BCUT2D eigenvalue weighted by Gasteiger charge is -2.07. The van der Waals surface area contributed by atoms with Gasteiger partial charge in [-0.2, -0.15) is 0 Å². The van der Waals surface area contributed by atoms with Gasteiger partial charge in [-0.05, 0) is 57.3 Å². The van der Waals surface area contributed by atoms with E-state index in [0.29, 0.717) is 17.7 Å². The Kier molecular flexibility index (Phi) is 3.29. The molecule has 15 heavy (non-hydrogen) atoms. The maximum Gasteiger partial charge on any atom is 0.224 e. The first-order valence-corrected chi connectivity index (χ1v) is 6.56. The molecule has 0 radical (unpaired) electrons. The molecule has 1 aromatic carbocycles. The van der Waals surface area contributed by atoms with Crippen molar-refractivity contribution in [3.05, 3.63) is 24.8 Å². The van der Waals surface area contributed by atoms with Crippen molar-refractivity contribution in [3.8, 4) is 0 Å². The number of carbonyl (C=O) groups is 2. The second-order valence-corrected chi connectivity index (χ2v) is 5.61. The highest BCUT2D eigenvalue weighted by molar-refractivity contribution is 14.1. The molecule has 1 aromatic rings. The smallest absolute Gasteiger partial charge is 0.224 e. The number of nitrogens with one attached hydrogen (secondary N) is 1. The van der Waals surface area contributed by atoms with Gasteiger partial charge in [-0.3, -0.25) is 9.59 Å². The van der Waals surface area contributed by atoms with Crippen LogP contribution in [0.5, 0.6) is 0 Å². The first kappa shape index (κ1) is 11.3. The zero-order valence-corrected chi connectivity index (χ0v) is 12.0. The van der Waals surface area contributed by atoms with Gasteiger partial charge in [0.05, 0.1) is 5.69 Å². The molecular formula is C10H7I2NO2. The molecule has 0 fully saturated rings. The fourth-order valence-electron chi connectivity index (χ4n) is 1.46. The molecule has 78 valence electrons. The first-order chi connectivity index (χ1) is 7.08. The first-order valence-electron chi connectivity index (χ1n) is 4.40. The van der Waals surface area contributed by atoms with Crippen molar-refractivity contribution in [2.75, 3.05) is 5.32 Å². The fourth-order valence-corrected chi connectivity index (χ4v) is 2.39. The predicted octanol–water partition coefficient (Wildman–Crippen LogP) is 2.81. The predicted molar refractivity (Wildman–Crippen MR) is 74.1 cm³/mol. The molecule has 1 amide bonds. The van der Waals surface area contributed by atoms with Crippen LogP contribution in [0.15, 0.2) is 12.1 Å². The van der Waals surface area contributed by atoms with Crippen LogP contribution >= 0.6 is 45.2 Å². The Labute approximate surface area is 114 Å². The lowest BCUT2D eigenvalue weighted by atomic mass is 10.1. The van der Waals surface area contributed by atoms with Crippen molar-refractivity contribution in [2.24, 2.45) is 0 Å². The second kappa shape index (κ2) is 4.36. The molecule has 0 atom stereocenters. The number of fused-ring (bicyclic) bond motifs is 1. The van der Waals surface area contributed by atoms with E-state index < -0.39 is 0 Å². The number of benzene rings is 1. The summed E-state index contributed by atoms with van der Waals surface area (Å²) in [4.78, 5) is 23.0. The van der Waals surface area contributed by atoms with Crippen LogP contribution in [0, 0.1) is 7.14 Å². The van der Waals surface area contributed by atoms with Crippen molar-refractivity contribution < 1.29 is 9.59 Å². The molecule has 2 rings (SSSR count). The number of anilines is 1. The average molecular weight is 427 g/mol. The van der Waals surface area contributed by atoms with E-state index in [2.05, 4.69) is 50.5 Å². The van der Waals surface area contributed by atoms with Crippen molar-refractivity contribution in [2.45, 2.75) is 12.8 Å². The van der Waals surface area contributed by atoms with Crippen molar-refractivity contribution in [3.63, 3.8) is 0 Å². The molecule has 1 aliphatic rings. The fraction of sp³-hybridized carbons (Fsp3) is 0.200. The average Bonchev–Trinajstić information content (AvgIpc) is 2.30. The Morgan fingerprint density at radius 1 is 1.07 bits per heavy atom. The van der Waals surface area contributed by atoms with Gasteiger partial charge in [0, 0.05) is 25.5 Å². The molecule has 0 aromatic heterocycles. The van der Waals surface area contributed by atoms with E-state index in [1.807, 2.05) is 12.1 Å². The van der Waals surface area contributed by atoms with Gasteiger partial charge in [-0.15, -0.1) is 0 Å². The number of amides is 1. The Bertz CT molecular complexity index is 457. The molecule has 0 bridgehead atoms. The molecule has 5 heteroatoms. The van der Waals surface area contributed by atoms with Crippen molar-refractivity contribution in [1.29, 1.82) is 0 Å². The highest BCUT2D eigenvalue weighted by Gasteiger charge is 2.20. The van der Waals surface area contributed by atoms with Gasteiger partial charge in [-0.25, -0.2) is 0 Å². The lowest BCUT2D eigenvalue weighted by molar-refractivity contribution is -0.116. The van der Waals surface area contributed by atoms with Crippen LogP contribution in [-0.4, -0.2) is 11.7 Å². The van der Waals surface area contributed by atoms with E-state index >= 15 is 0 Å². The number of hydrogen-bond acceptors (Lipinski definition) is 2. The molecule has 0 aliphatic carbocycles. The third-order valence-electron chi connectivity index (χ3n) is 2.21. The van der Waals surface area contributed by atoms with E-state index in [9.17, 15) is 9.59 Å². The van der Waals surface area contributed by atoms with E-state index in [4.69, 9.17) is 0 Å². The SMILES string of the molecule is O=C1CCC(=O)c2cc(I)c(I)cc2N1. The molecular weight excluding hydrogens is 420 g/mol. The van der Waals surface area contributed by atoms with Gasteiger partial charge in [0.1, 0.15) is 0 Å². The van der Waals surface area contributed by atoms with Crippen LogP contribution < -0.4 is 5.32 Å². The summed E-state index contributed by atoms with van der Waals surface area (Å²) in [6, 6.07) is 3.68. The molecule has 0 spiro atoms. The van der Waals surface area contributed by atoms with Gasteiger partial charge in [-0.1, -0.05) is 0 Å². The molecule has 3 nitrogen and oxygen atoms in total. The van der Waals surface area contributed by atoms with Gasteiger partial charge in [0.25, 0.3) is 0 Å². The molecule has 1 N–H and O–H groups in total. The maximum absolute atomic E-state index is 11.7. The second-order valence-electron chi connectivity index (χ2n) is 3.28. The van der Waals surface area contributed by atoms with E-state index in [-0.39, 0.29) is 18.1 Å². The van der Waals surface area contributed by atoms with E-state index in [1.165, 1.54) is 0 Å². The Morgan fingerprint density at radius 3 is 2.47 bits per heavy atom. The maximum atomic E-state index is 11.7. The Balaban J connectivity index is 2.57. The summed E-state index contributed by atoms with van der Waals surface area (Å²) in [5.41, 5.74) is 1.28. The zero-order valence-electron chi connectivity index (χ0n) is 7.64. The summed E-state index contributed by atoms with van der Waals surface area (Å²) in [6.45, 7) is 0. The number of ketones is 1. The van der Waals surface area contributed by atoms with Crippen LogP contribution in [0.4, 0.5) is 5.69 Å². The standard InChI is InChI=1S/C10H7I2NO2/c11-6-3-5-8(4-7(6)12)13-10(15)2-1-9(5)14/h3-4H,1-2H2,(H,13,15). The molecule has 1 heterocycles. The summed E-state index contributed by atoms with van der Waals surface area (Å²) >= 11 is 4.37. The summed E-state index contributed by atoms with van der Waals surface area (Å²) in [6.07, 6.45) is 0.580. The minimum Gasteiger partial charge on any atom is -0.325 e. The minimum atomic E-state index is -0.0842. The monoisotopic (exact) mass is 427 g/mol. The van der Waals surface area contributed by atoms with Crippen molar-refractivity contribution in [1.82, 2.24) is 0 Å². The summed E-state index contributed by atoms with van der Waals surface area (Å²) in [5.74, 6) is -0.0447. The van der Waals surface area contributed by atoms with Crippen LogP contribution in [0.25, 0.3) is 0 Å². The number of rotatable bonds is 0. The highest BCUT2D eigenvalue weighted by Crippen LogP contribution is 2.27. The third-order valence-corrected chi connectivity index (χ3v) is 5.03. The lowest BCUT2D eigenvalue weighted by Crippen LogP contribution is -2.09. The van der Waals surface area contributed by atoms with Crippen LogP contribution in [0.1, 0.15) is 23.2 Å². The van der Waals surface area contributed by atoms with Gasteiger partial charge in [0.2, 0.25) is 5.91 Å². The highest BCUT2D eigenvalue weighted by atomic mass is 127. The van der Waals surface area contributed by atoms with Gasteiger partial charge in [0.15, 0.2) is 5.78 Å². The van der Waals surface area contributed by atoms with Crippen LogP contribution in [0.2, 0.25) is 0 Å². The number of halogens is 2. The number of carbonyl (C=O) groups excluding carboxylic acids is 2. The number of hydrogen-bond donors (Lipinski definition) is 1. The zero-order chi connectivity index (χ0) is 11.0. The molecule has 1 aliphatic heterocycles. The number of Topliss-reactive ketones (excluding diaryl/α,β-unsaturated/α-hetero) is 1. The largest absolute Gasteiger partial charge is 0.325 e. The van der Waals surface area contributed by atoms with Gasteiger partial charge >= 0.3 is 0 Å². The van der Waals surface area contributed by atoms with Crippen LogP contribution in [-0.2, 0) is 4.79 Å². The quantitative estimate of drug-likeness (QED) is 0.648. The third kappa shape index (κ3) is 2.32. The summed E-state index contributed by atoms with van der Waals surface area (Å²) in [7, 11) is 0. The summed E-state index contributed by atoms with van der Waals surface area (Å²) < 4.78 is 2.08. The normalized spacial score (nSPS) is 15.6. The van der Waals surface area contributed by atoms with Gasteiger partial charge < -0.3 is 5.32 Å².